The molecule has 1 aromatic heterocycles. The number of hydrogen-bond donors (Lipinski definition) is 1. The maximum absolute atomic E-state index is 13.6. The fourth-order valence-electron chi connectivity index (χ4n) is 1.52. The lowest BCUT2D eigenvalue weighted by molar-refractivity contribution is -0.384. The summed E-state index contributed by atoms with van der Waals surface area (Å²) in [6.45, 7) is 0. The van der Waals surface area contributed by atoms with Gasteiger partial charge in [0, 0.05) is 12.3 Å². The van der Waals surface area contributed by atoms with Gasteiger partial charge in [0.25, 0.3) is 11.6 Å². The van der Waals surface area contributed by atoms with Crippen molar-refractivity contribution in [2.45, 2.75) is 0 Å². The molecule has 0 aliphatic rings. The number of benzene rings is 1. The lowest BCUT2D eigenvalue weighted by Crippen LogP contribution is -2.14. The molecule has 0 spiro atoms. The van der Waals surface area contributed by atoms with Crippen LogP contribution < -0.4 is 5.32 Å². The summed E-state index contributed by atoms with van der Waals surface area (Å²) in [6.07, 6.45) is 1.12. The quantitative estimate of drug-likeness (QED) is 0.528. The molecule has 0 aliphatic heterocycles. The molecular weight excluding hydrogens is 324 g/mol. The molecule has 2 rings (SSSR count). The number of nitrogens with zero attached hydrogens (tertiary/aromatic N) is 2. The summed E-state index contributed by atoms with van der Waals surface area (Å²) >= 11 is 11.3. The Kier molecular flexibility index (Phi) is 4.35. The molecule has 1 aromatic carbocycles. The molecule has 0 unspecified atom stereocenters. The lowest BCUT2D eigenvalue weighted by atomic mass is 10.2. The topological polar surface area (TPSA) is 85.1 Å². The predicted octanol–water partition coefficient (Wildman–Crippen LogP) is 3.69. The number of nitrogens with one attached hydrogen (secondary N) is 1. The summed E-state index contributed by atoms with van der Waals surface area (Å²) in [5.74, 6) is -1.72. The summed E-state index contributed by atoms with van der Waals surface area (Å²) < 4.78 is 13.6. The summed E-state index contributed by atoms with van der Waals surface area (Å²) in [5, 5.41) is 13.0. The highest BCUT2D eigenvalue weighted by Gasteiger charge is 2.21. The largest absolute Gasteiger partial charge is 0.314 e. The van der Waals surface area contributed by atoms with Crippen molar-refractivity contribution in [3.63, 3.8) is 0 Å². The molecule has 0 atom stereocenters. The van der Waals surface area contributed by atoms with Crippen LogP contribution in [-0.2, 0) is 0 Å². The zero-order valence-corrected chi connectivity index (χ0v) is 11.7. The van der Waals surface area contributed by atoms with Gasteiger partial charge in [-0.25, -0.2) is 9.37 Å². The van der Waals surface area contributed by atoms with Crippen LogP contribution in [0.4, 0.5) is 15.8 Å². The van der Waals surface area contributed by atoms with Crippen LogP contribution in [0.15, 0.2) is 30.5 Å². The van der Waals surface area contributed by atoms with Crippen LogP contribution in [-0.4, -0.2) is 15.8 Å². The van der Waals surface area contributed by atoms with Crippen molar-refractivity contribution in [2.24, 2.45) is 0 Å². The number of amides is 1. The minimum absolute atomic E-state index is 0.00471. The van der Waals surface area contributed by atoms with Crippen LogP contribution in [0.1, 0.15) is 10.4 Å². The van der Waals surface area contributed by atoms with Crippen LogP contribution >= 0.6 is 23.2 Å². The molecule has 0 fully saturated rings. The van der Waals surface area contributed by atoms with Crippen molar-refractivity contribution in [1.29, 1.82) is 0 Å². The number of pyridine rings is 1. The number of carbonyl (C=O) groups is 1. The smallest absolute Gasteiger partial charge is 0.295 e. The van der Waals surface area contributed by atoms with E-state index in [1.807, 2.05) is 0 Å². The molecule has 21 heavy (non-hydrogen) atoms. The second kappa shape index (κ2) is 6.02. The maximum atomic E-state index is 13.6. The molecule has 0 bridgehead atoms. The monoisotopic (exact) mass is 329 g/mol. The number of nitro benzene ring substituents is 1. The molecular formula is C12H6Cl2FN3O3. The number of rotatable bonds is 3. The van der Waals surface area contributed by atoms with Crippen LogP contribution in [0, 0.1) is 15.9 Å². The zero-order chi connectivity index (χ0) is 15.6. The number of nitro groups is 1. The normalized spacial score (nSPS) is 10.2. The van der Waals surface area contributed by atoms with E-state index in [0.29, 0.717) is 0 Å². The minimum atomic E-state index is -0.925. The molecule has 0 aliphatic carbocycles. The first-order valence-corrected chi connectivity index (χ1v) is 6.21. The Morgan fingerprint density at radius 3 is 2.71 bits per heavy atom. The van der Waals surface area contributed by atoms with E-state index in [9.17, 15) is 19.3 Å². The van der Waals surface area contributed by atoms with E-state index in [1.54, 1.807) is 0 Å². The van der Waals surface area contributed by atoms with E-state index in [2.05, 4.69) is 10.3 Å². The van der Waals surface area contributed by atoms with Crippen molar-refractivity contribution >= 4 is 40.5 Å². The van der Waals surface area contributed by atoms with Gasteiger partial charge < -0.3 is 5.32 Å². The Morgan fingerprint density at radius 2 is 2.10 bits per heavy atom. The standard InChI is InChI=1S/C12H6Cl2FN3O3/c13-7-4-6(5-16-11(7)14)12(19)17-10-8(15)2-1-3-9(10)18(20)21/h1-5H,(H,17,19). The number of carbonyl (C=O) groups excluding carboxylic acids is 1. The first-order valence-electron chi connectivity index (χ1n) is 5.45. The van der Waals surface area contributed by atoms with Gasteiger partial charge in [0.05, 0.1) is 15.5 Å². The highest BCUT2D eigenvalue weighted by Crippen LogP contribution is 2.28. The number of halogens is 3. The average Bonchev–Trinajstić information content (AvgIpc) is 2.43. The van der Waals surface area contributed by atoms with E-state index in [1.165, 1.54) is 12.1 Å². The SMILES string of the molecule is O=C(Nc1c(F)cccc1[N+](=O)[O-])c1cnc(Cl)c(Cl)c1. The Morgan fingerprint density at radius 1 is 1.38 bits per heavy atom. The summed E-state index contributed by atoms with van der Waals surface area (Å²) in [7, 11) is 0. The number of hydrogen-bond acceptors (Lipinski definition) is 4. The third-order valence-corrected chi connectivity index (χ3v) is 3.17. The predicted molar refractivity (Wildman–Crippen MR) is 75.3 cm³/mol. The van der Waals surface area contributed by atoms with E-state index in [4.69, 9.17) is 23.2 Å². The van der Waals surface area contributed by atoms with Crippen LogP contribution in [0.2, 0.25) is 10.2 Å². The van der Waals surface area contributed by atoms with Crippen molar-refractivity contribution < 1.29 is 14.1 Å². The van der Waals surface area contributed by atoms with E-state index in [-0.39, 0.29) is 15.7 Å². The first-order chi connectivity index (χ1) is 9.90. The average molecular weight is 330 g/mol. The molecule has 2 aromatic rings. The molecule has 6 nitrogen and oxygen atoms in total. The van der Waals surface area contributed by atoms with E-state index in [0.717, 1.165) is 18.3 Å². The summed E-state index contributed by atoms with van der Waals surface area (Å²) in [4.78, 5) is 25.7. The van der Waals surface area contributed by atoms with Crippen LogP contribution in [0.25, 0.3) is 0 Å². The van der Waals surface area contributed by atoms with Gasteiger partial charge in [-0.3, -0.25) is 14.9 Å². The number of anilines is 1. The summed E-state index contributed by atoms with van der Waals surface area (Å²) in [6, 6.07) is 4.46. The second-order valence-electron chi connectivity index (χ2n) is 3.84. The van der Waals surface area contributed by atoms with Gasteiger partial charge in [-0.05, 0) is 12.1 Å². The van der Waals surface area contributed by atoms with Crippen molar-refractivity contribution in [2.75, 3.05) is 5.32 Å². The van der Waals surface area contributed by atoms with Gasteiger partial charge in [-0.15, -0.1) is 0 Å². The van der Waals surface area contributed by atoms with E-state index >= 15 is 0 Å². The zero-order valence-electron chi connectivity index (χ0n) is 10.1. The molecule has 1 amide bonds. The minimum Gasteiger partial charge on any atom is -0.314 e. The van der Waals surface area contributed by atoms with Gasteiger partial charge in [0.1, 0.15) is 5.15 Å². The van der Waals surface area contributed by atoms with Crippen LogP contribution in [0.5, 0.6) is 0 Å². The van der Waals surface area contributed by atoms with Crippen molar-refractivity contribution in [1.82, 2.24) is 4.98 Å². The fourth-order valence-corrected chi connectivity index (χ4v) is 1.79. The van der Waals surface area contributed by atoms with Crippen molar-refractivity contribution in [3.8, 4) is 0 Å². The van der Waals surface area contributed by atoms with Gasteiger partial charge in [-0.1, -0.05) is 29.3 Å². The van der Waals surface area contributed by atoms with E-state index < -0.39 is 28.0 Å². The van der Waals surface area contributed by atoms with Gasteiger partial charge in [-0.2, -0.15) is 0 Å². The molecule has 9 heteroatoms. The molecule has 108 valence electrons. The van der Waals surface area contributed by atoms with Gasteiger partial charge in [0.15, 0.2) is 11.5 Å². The van der Waals surface area contributed by atoms with Gasteiger partial charge in [0.2, 0.25) is 0 Å². The Bertz CT molecular complexity index is 740. The lowest BCUT2D eigenvalue weighted by Gasteiger charge is -2.07. The Balaban J connectivity index is 2.36. The Labute approximate surface area is 127 Å². The Hall–Kier alpha value is -2.25. The molecule has 1 heterocycles. The highest BCUT2D eigenvalue weighted by molar-refractivity contribution is 6.41. The number of para-hydroxylation sites is 1. The van der Waals surface area contributed by atoms with Crippen LogP contribution in [0.3, 0.4) is 0 Å². The molecule has 1 N–H and O–H groups in total. The fraction of sp³-hybridized carbons (Fsp3) is 0. The third kappa shape index (κ3) is 3.26. The third-order valence-electron chi connectivity index (χ3n) is 2.49. The molecule has 0 saturated heterocycles. The maximum Gasteiger partial charge on any atom is 0.295 e. The molecule has 0 radical (unpaired) electrons. The number of aromatic nitrogens is 1. The summed E-state index contributed by atoms with van der Waals surface area (Å²) in [5.41, 5.74) is -1.10. The van der Waals surface area contributed by atoms with Crippen molar-refractivity contribution in [3.05, 3.63) is 62.1 Å². The highest BCUT2D eigenvalue weighted by atomic mass is 35.5. The first kappa shape index (κ1) is 15.1. The second-order valence-corrected chi connectivity index (χ2v) is 4.61. The van der Waals surface area contributed by atoms with Gasteiger partial charge >= 0.3 is 0 Å². The molecule has 0 saturated carbocycles.